The summed E-state index contributed by atoms with van der Waals surface area (Å²) >= 11 is 0. The van der Waals surface area contributed by atoms with Crippen LogP contribution in [-0.4, -0.2) is 55.8 Å². The lowest BCUT2D eigenvalue weighted by molar-refractivity contribution is -0.122. The van der Waals surface area contributed by atoms with E-state index in [-0.39, 0.29) is 18.0 Å². The minimum Gasteiger partial charge on any atom is -0.353 e. The molecule has 8 heteroatoms. The van der Waals surface area contributed by atoms with Gasteiger partial charge in [-0.05, 0) is 38.8 Å². The number of aromatic nitrogens is 4. The number of piperidine rings is 1. The molecule has 0 aliphatic carbocycles. The van der Waals surface area contributed by atoms with Crippen LogP contribution < -0.4 is 10.9 Å². The Bertz CT molecular complexity index is 803. The van der Waals surface area contributed by atoms with Crippen molar-refractivity contribution >= 4 is 16.9 Å². The highest BCUT2D eigenvalue weighted by Gasteiger charge is 2.20. The minimum absolute atomic E-state index is 0.0274. The third-order valence-electron chi connectivity index (χ3n) is 5.07. The van der Waals surface area contributed by atoms with E-state index in [0.29, 0.717) is 23.6 Å². The van der Waals surface area contributed by atoms with Crippen LogP contribution in [0.4, 0.5) is 0 Å². The Kier molecular flexibility index (Phi) is 5.17. The van der Waals surface area contributed by atoms with Gasteiger partial charge in [0.1, 0.15) is 18.3 Å². The Balaban J connectivity index is 1.56. The van der Waals surface area contributed by atoms with Crippen molar-refractivity contribution in [1.29, 1.82) is 0 Å². The summed E-state index contributed by atoms with van der Waals surface area (Å²) in [7, 11) is 1.73. The lowest BCUT2D eigenvalue weighted by atomic mass is 9.98. The molecule has 0 bridgehead atoms. The molecule has 1 fully saturated rings. The first-order valence-corrected chi connectivity index (χ1v) is 8.83. The van der Waals surface area contributed by atoms with Crippen LogP contribution in [0.5, 0.6) is 0 Å². The smallest absolute Gasteiger partial charge is 0.264 e. The fourth-order valence-electron chi connectivity index (χ4n) is 3.25. The summed E-state index contributed by atoms with van der Waals surface area (Å²) in [6.45, 7) is 7.14. The van der Waals surface area contributed by atoms with E-state index < -0.39 is 0 Å². The number of rotatable bonds is 5. The second-order valence-electron chi connectivity index (χ2n) is 7.05. The van der Waals surface area contributed by atoms with E-state index in [9.17, 15) is 9.59 Å². The second kappa shape index (κ2) is 7.35. The maximum atomic E-state index is 12.4. The van der Waals surface area contributed by atoms with Gasteiger partial charge in [-0.3, -0.25) is 23.7 Å². The normalized spacial score (nSPS) is 17.7. The summed E-state index contributed by atoms with van der Waals surface area (Å²) < 4.78 is 2.87. The molecule has 8 nitrogen and oxygen atoms in total. The monoisotopic (exact) mass is 346 g/mol. The Morgan fingerprint density at radius 3 is 2.84 bits per heavy atom. The zero-order valence-electron chi connectivity index (χ0n) is 15.1. The SMILES string of the molecule is CC1CCN(C(C)CNC(=O)Cn2cnc3c(cnn3C)c2=O)CC1. The van der Waals surface area contributed by atoms with Crippen molar-refractivity contribution in [3.05, 3.63) is 22.9 Å². The number of likely N-dealkylation sites (tertiary alicyclic amines) is 1. The van der Waals surface area contributed by atoms with E-state index in [0.717, 1.165) is 19.0 Å². The van der Waals surface area contributed by atoms with Gasteiger partial charge >= 0.3 is 0 Å². The molecule has 0 saturated carbocycles. The second-order valence-corrected chi connectivity index (χ2v) is 7.05. The highest BCUT2D eigenvalue weighted by molar-refractivity contribution is 5.77. The van der Waals surface area contributed by atoms with Gasteiger partial charge in [0.25, 0.3) is 5.56 Å². The number of aryl methyl sites for hydroxylation is 1. The van der Waals surface area contributed by atoms with Crippen molar-refractivity contribution in [2.45, 2.75) is 39.3 Å². The van der Waals surface area contributed by atoms with Crippen molar-refractivity contribution in [3.8, 4) is 0 Å². The van der Waals surface area contributed by atoms with Crippen LogP contribution in [0.2, 0.25) is 0 Å². The zero-order valence-corrected chi connectivity index (χ0v) is 15.1. The summed E-state index contributed by atoms with van der Waals surface area (Å²) in [6.07, 6.45) is 5.31. The van der Waals surface area contributed by atoms with Gasteiger partial charge in [-0.1, -0.05) is 6.92 Å². The van der Waals surface area contributed by atoms with Crippen LogP contribution in [0.25, 0.3) is 11.0 Å². The first-order valence-electron chi connectivity index (χ1n) is 8.83. The largest absolute Gasteiger partial charge is 0.353 e. The molecule has 25 heavy (non-hydrogen) atoms. The maximum absolute atomic E-state index is 12.4. The molecule has 1 saturated heterocycles. The Morgan fingerprint density at radius 2 is 2.12 bits per heavy atom. The van der Waals surface area contributed by atoms with Gasteiger partial charge in [0.05, 0.1) is 6.20 Å². The number of fused-ring (bicyclic) bond motifs is 1. The van der Waals surface area contributed by atoms with Gasteiger partial charge in [0.15, 0.2) is 5.65 Å². The van der Waals surface area contributed by atoms with Gasteiger partial charge in [0.2, 0.25) is 5.91 Å². The molecule has 0 spiro atoms. The lowest BCUT2D eigenvalue weighted by Crippen LogP contribution is -2.46. The molecule has 3 rings (SSSR count). The fourth-order valence-corrected chi connectivity index (χ4v) is 3.25. The standard InChI is InChI=1S/C17H26N6O2/c1-12-4-6-22(7-5-12)13(2)8-18-15(24)10-23-11-19-16-14(17(23)25)9-20-21(16)3/h9,11-13H,4-8,10H2,1-3H3,(H,18,24). The lowest BCUT2D eigenvalue weighted by Gasteiger charge is -2.35. The van der Waals surface area contributed by atoms with Crippen LogP contribution in [0.15, 0.2) is 17.3 Å². The van der Waals surface area contributed by atoms with Gasteiger partial charge < -0.3 is 5.32 Å². The summed E-state index contributed by atoms with van der Waals surface area (Å²) in [6, 6.07) is 0.298. The van der Waals surface area contributed by atoms with Crippen molar-refractivity contribution in [2.75, 3.05) is 19.6 Å². The van der Waals surface area contributed by atoms with Crippen LogP contribution in [0.1, 0.15) is 26.7 Å². The van der Waals surface area contributed by atoms with Gasteiger partial charge in [0, 0.05) is 19.6 Å². The topological polar surface area (TPSA) is 85.1 Å². The zero-order chi connectivity index (χ0) is 18.0. The Morgan fingerprint density at radius 1 is 1.40 bits per heavy atom. The third-order valence-corrected chi connectivity index (χ3v) is 5.07. The molecule has 1 aliphatic rings. The maximum Gasteiger partial charge on any atom is 0.264 e. The van der Waals surface area contributed by atoms with Crippen molar-refractivity contribution in [3.63, 3.8) is 0 Å². The van der Waals surface area contributed by atoms with E-state index in [1.165, 1.54) is 29.9 Å². The number of hydrogen-bond acceptors (Lipinski definition) is 5. The predicted molar refractivity (Wildman–Crippen MR) is 95.2 cm³/mol. The van der Waals surface area contributed by atoms with Gasteiger partial charge in [-0.2, -0.15) is 5.10 Å². The average molecular weight is 346 g/mol. The number of amides is 1. The van der Waals surface area contributed by atoms with E-state index >= 15 is 0 Å². The molecular formula is C17H26N6O2. The van der Waals surface area contributed by atoms with Crippen LogP contribution in [-0.2, 0) is 18.4 Å². The first-order chi connectivity index (χ1) is 12.0. The van der Waals surface area contributed by atoms with Crippen LogP contribution in [0.3, 0.4) is 0 Å². The summed E-state index contributed by atoms with van der Waals surface area (Å²) in [5.74, 6) is 0.615. The van der Waals surface area contributed by atoms with E-state index in [4.69, 9.17) is 0 Å². The fraction of sp³-hybridized carbons (Fsp3) is 0.647. The van der Waals surface area contributed by atoms with Gasteiger partial charge in [-0.15, -0.1) is 0 Å². The molecular weight excluding hydrogens is 320 g/mol. The average Bonchev–Trinajstić information content (AvgIpc) is 2.98. The quantitative estimate of drug-likeness (QED) is 0.845. The molecule has 1 aliphatic heterocycles. The molecule has 1 atom stereocenters. The summed E-state index contributed by atoms with van der Waals surface area (Å²) in [5, 5.41) is 7.38. The molecule has 0 radical (unpaired) electrons. The molecule has 1 amide bonds. The minimum atomic E-state index is -0.244. The van der Waals surface area contributed by atoms with Crippen molar-refractivity contribution in [2.24, 2.45) is 13.0 Å². The van der Waals surface area contributed by atoms with Crippen molar-refractivity contribution in [1.82, 2.24) is 29.5 Å². The van der Waals surface area contributed by atoms with Crippen LogP contribution >= 0.6 is 0 Å². The number of nitrogens with zero attached hydrogens (tertiary/aromatic N) is 5. The molecule has 1 unspecified atom stereocenters. The highest BCUT2D eigenvalue weighted by Crippen LogP contribution is 2.17. The first kappa shape index (κ1) is 17.6. The number of carbonyl (C=O) groups excluding carboxylic acids is 1. The van der Waals surface area contributed by atoms with E-state index in [1.807, 2.05) is 0 Å². The number of nitrogens with one attached hydrogen (secondary N) is 1. The number of hydrogen-bond donors (Lipinski definition) is 1. The predicted octanol–water partition coefficient (Wildman–Crippen LogP) is 0.367. The highest BCUT2D eigenvalue weighted by atomic mass is 16.2. The molecule has 0 aromatic carbocycles. The molecule has 3 heterocycles. The molecule has 136 valence electrons. The van der Waals surface area contributed by atoms with Crippen LogP contribution in [0, 0.1) is 5.92 Å². The third kappa shape index (κ3) is 3.89. The van der Waals surface area contributed by atoms with Gasteiger partial charge in [-0.25, -0.2) is 4.98 Å². The molecule has 2 aromatic rings. The summed E-state index contributed by atoms with van der Waals surface area (Å²) in [5.41, 5.74) is 0.279. The Labute approximate surface area is 146 Å². The molecule has 2 aromatic heterocycles. The summed E-state index contributed by atoms with van der Waals surface area (Å²) in [4.78, 5) is 31.2. The van der Waals surface area contributed by atoms with E-state index in [2.05, 4.69) is 34.1 Å². The number of carbonyl (C=O) groups is 1. The van der Waals surface area contributed by atoms with Crippen molar-refractivity contribution < 1.29 is 4.79 Å². The molecule has 1 N–H and O–H groups in total. The Hall–Kier alpha value is -2.22. The van der Waals surface area contributed by atoms with E-state index in [1.54, 1.807) is 11.7 Å².